The van der Waals surface area contributed by atoms with Crippen molar-refractivity contribution in [2.24, 2.45) is 0 Å². The molecule has 0 saturated carbocycles. The van der Waals surface area contributed by atoms with Crippen molar-refractivity contribution in [2.75, 3.05) is 32.2 Å². The quantitative estimate of drug-likeness (QED) is 0.408. The number of carbonyl (C=O) groups is 2. The standard InChI is InChI=1S/C26H32N2O4/c1-5-6-14-32-15-8-13-28-25(29)23(22-12-11-18(2)16-19(22)3)24(26(28)30)27-20-9-7-10-21(17-20)31-4/h7,9-12,16-17,27H,5-6,8,13-15H2,1-4H3. The van der Waals surface area contributed by atoms with E-state index in [1.54, 1.807) is 13.2 Å². The van der Waals surface area contributed by atoms with Gasteiger partial charge < -0.3 is 14.8 Å². The highest BCUT2D eigenvalue weighted by Gasteiger charge is 2.39. The normalized spacial score (nSPS) is 13.8. The van der Waals surface area contributed by atoms with Crippen molar-refractivity contribution in [3.8, 4) is 5.75 Å². The molecule has 1 aliphatic heterocycles. The number of amides is 2. The summed E-state index contributed by atoms with van der Waals surface area (Å²) in [7, 11) is 1.59. The molecule has 0 unspecified atom stereocenters. The summed E-state index contributed by atoms with van der Waals surface area (Å²) >= 11 is 0. The fourth-order valence-electron chi connectivity index (χ4n) is 3.76. The van der Waals surface area contributed by atoms with Crippen LogP contribution in [0.3, 0.4) is 0 Å². The molecule has 6 heteroatoms. The van der Waals surface area contributed by atoms with Crippen LogP contribution in [0, 0.1) is 13.8 Å². The van der Waals surface area contributed by atoms with Gasteiger partial charge in [-0.15, -0.1) is 0 Å². The number of rotatable bonds is 11. The zero-order chi connectivity index (χ0) is 23.1. The maximum absolute atomic E-state index is 13.4. The molecule has 0 bridgehead atoms. The fraction of sp³-hybridized carbons (Fsp3) is 0.385. The molecule has 2 amide bonds. The molecule has 1 heterocycles. The van der Waals surface area contributed by atoms with Crippen molar-refractivity contribution in [3.05, 3.63) is 64.9 Å². The number of ether oxygens (including phenoxy) is 2. The summed E-state index contributed by atoms with van der Waals surface area (Å²) < 4.78 is 10.9. The van der Waals surface area contributed by atoms with Gasteiger partial charge in [0.05, 0.1) is 12.7 Å². The first-order valence-electron chi connectivity index (χ1n) is 11.1. The van der Waals surface area contributed by atoms with E-state index in [1.807, 2.05) is 50.2 Å². The SMILES string of the molecule is CCCCOCCCN1C(=O)C(Nc2cccc(OC)c2)=C(c2ccc(C)cc2C)C1=O. The zero-order valence-corrected chi connectivity index (χ0v) is 19.4. The Balaban J connectivity index is 1.88. The molecule has 1 aliphatic rings. The highest BCUT2D eigenvalue weighted by atomic mass is 16.5. The number of nitrogens with one attached hydrogen (secondary N) is 1. The number of carbonyl (C=O) groups excluding carboxylic acids is 2. The van der Waals surface area contributed by atoms with Gasteiger partial charge in [-0.25, -0.2) is 0 Å². The van der Waals surface area contributed by atoms with E-state index < -0.39 is 0 Å². The minimum atomic E-state index is -0.318. The van der Waals surface area contributed by atoms with Gasteiger partial charge in [-0.3, -0.25) is 14.5 Å². The molecule has 0 atom stereocenters. The molecule has 0 radical (unpaired) electrons. The molecule has 0 spiro atoms. The minimum Gasteiger partial charge on any atom is -0.497 e. The smallest absolute Gasteiger partial charge is 0.278 e. The molecule has 1 N–H and O–H groups in total. The number of hydrogen-bond acceptors (Lipinski definition) is 5. The van der Waals surface area contributed by atoms with E-state index in [1.165, 1.54) is 4.90 Å². The van der Waals surface area contributed by atoms with Gasteiger partial charge in [-0.2, -0.15) is 0 Å². The van der Waals surface area contributed by atoms with Gasteiger partial charge in [0.2, 0.25) is 0 Å². The van der Waals surface area contributed by atoms with E-state index in [9.17, 15) is 9.59 Å². The lowest BCUT2D eigenvalue weighted by molar-refractivity contribution is -0.137. The topological polar surface area (TPSA) is 67.9 Å². The van der Waals surface area contributed by atoms with Gasteiger partial charge in [-0.05, 0) is 49.9 Å². The van der Waals surface area contributed by atoms with E-state index in [0.717, 1.165) is 29.5 Å². The molecule has 0 aliphatic carbocycles. The lowest BCUT2D eigenvalue weighted by atomic mass is 9.97. The van der Waals surface area contributed by atoms with Crippen LogP contribution >= 0.6 is 0 Å². The summed E-state index contributed by atoms with van der Waals surface area (Å²) in [5, 5.41) is 3.19. The zero-order valence-electron chi connectivity index (χ0n) is 19.4. The Morgan fingerprint density at radius 2 is 1.75 bits per heavy atom. The van der Waals surface area contributed by atoms with Crippen LogP contribution in [0.15, 0.2) is 48.2 Å². The summed E-state index contributed by atoms with van der Waals surface area (Å²) in [6.45, 7) is 7.62. The van der Waals surface area contributed by atoms with Crippen LogP contribution in [-0.4, -0.2) is 43.6 Å². The van der Waals surface area contributed by atoms with Crippen LogP contribution in [0.4, 0.5) is 5.69 Å². The number of unbranched alkanes of at least 4 members (excludes halogenated alkanes) is 1. The fourth-order valence-corrected chi connectivity index (χ4v) is 3.76. The van der Waals surface area contributed by atoms with Crippen molar-refractivity contribution < 1.29 is 19.1 Å². The average molecular weight is 437 g/mol. The van der Waals surface area contributed by atoms with Crippen LogP contribution in [-0.2, 0) is 14.3 Å². The molecular weight excluding hydrogens is 404 g/mol. The second kappa shape index (κ2) is 11.0. The number of nitrogens with zero attached hydrogens (tertiary/aromatic N) is 1. The third kappa shape index (κ3) is 5.37. The Hall–Kier alpha value is -3.12. The lowest BCUT2D eigenvalue weighted by Crippen LogP contribution is -2.34. The van der Waals surface area contributed by atoms with Crippen molar-refractivity contribution in [1.82, 2.24) is 4.90 Å². The van der Waals surface area contributed by atoms with Gasteiger partial charge in [0, 0.05) is 31.5 Å². The molecular formula is C26H32N2O4. The van der Waals surface area contributed by atoms with Gasteiger partial charge >= 0.3 is 0 Å². The summed E-state index contributed by atoms with van der Waals surface area (Å²) in [4.78, 5) is 28.0. The van der Waals surface area contributed by atoms with Gasteiger partial charge in [0.15, 0.2) is 0 Å². The molecule has 170 valence electrons. The average Bonchev–Trinajstić information content (AvgIpc) is 3.00. The van der Waals surface area contributed by atoms with E-state index in [0.29, 0.717) is 48.9 Å². The maximum Gasteiger partial charge on any atom is 0.278 e. The Morgan fingerprint density at radius 3 is 2.47 bits per heavy atom. The molecule has 2 aromatic rings. The monoisotopic (exact) mass is 436 g/mol. The van der Waals surface area contributed by atoms with Crippen molar-refractivity contribution in [2.45, 2.75) is 40.0 Å². The highest BCUT2D eigenvalue weighted by Crippen LogP contribution is 2.33. The maximum atomic E-state index is 13.4. The molecule has 0 saturated heterocycles. The van der Waals surface area contributed by atoms with E-state index in [4.69, 9.17) is 9.47 Å². The number of imide groups is 1. The largest absolute Gasteiger partial charge is 0.497 e. The van der Waals surface area contributed by atoms with Crippen molar-refractivity contribution >= 4 is 23.1 Å². The van der Waals surface area contributed by atoms with Crippen LogP contribution in [0.25, 0.3) is 5.57 Å². The Bertz CT molecular complexity index is 1010. The number of anilines is 1. The summed E-state index contributed by atoms with van der Waals surface area (Å²) in [6, 6.07) is 13.2. The van der Waals surface area contributed by atoms with Crippen molar-refractivity contribution in [1.29, 1.82) is 0 Å². The minimum absolute atomic E-state index is 0.277. The predicted molar refractivity (Wildman–Crippen MR) is 127 cm³/mol. The molecule has 6 nitrogen and oxygen atoms in total. The first kappa shape index (κ1) is 23.5. The number of benzene rings is 2. The molecule has 3 rings (SSSR count). The lowest BCUT2D eigenvalue weighted by Gasteiger charge is -2.15. The first-order valence-corrected chi connectivity index (χ1v) is 11.1. The highest BCUT2D eigenvalue weighted by molar-refractivity contribution is 6.36. The molecule has 2 aromatic carbocycles. The third-order valence-corrected chi connectivity index (χ3v) is 5.47. The molecule has 0 aromatic heterocycles. The summed E-state index contributed by atoms with van der Waals surface area (Å²) in [6.07, 6.45) is 2.69. The van der Waals surface area contributed by atoms with E-state index in [2.05, 4.69) is 12.2 Å². The predicted octanol–water partition coefficient (Wildman–Crippen LogP) is 4.71. The van der Waals surface area contributed by atoms with Gasteiger partial charge in [-0.1, -0.05) is 43.2 Å². The van der Waals surface area contributed by atoms with Crippen LogP contribution in [0.2, 0.25) is 0 Å². The van der Waals surface area contributed by atoms with Crippen LogP contribution in [0.5, 0.6) is 5.75 Å². The van der Waals surface area contributed by atoms with Crippen LogP contribution in [0.1, 0.15) is 42.9 Å². The second-order valence-electron chi connectivity index (χ2n) is 8.01. The molecule has 0 fully saturated rings. The Kier molecular flexibility index (Phi) is 8.06. The van der Waals surface area contributed by atoms with Crippen LogP contribution < -0.4 is 10.1 Å². The van der Waals surface area contributed by atoms with E-state index >= 15 is 0 Å². The summed E-state index contributed by atoms with van der Waals surface area (Å²) in [5.74, 6) is 0.0729. The third-order valence-electron chi connectivity index (χ3n) is 5.47. The van der Waals surface area contributed by atoms with Gasteiger partial charge in [0.25, 0.3) is 11.8 Å². The number of methoxy groups -OCH3 is 1. The Morgan fingerprint density at radius 1 is 0.969 bits per heavy atom. The Labute approximate surface area is 190 Å². The first-order chi connectivity index (χ1) is 15.5. The van der Waals surface area contributed by atoms with E-state index in [-0.39, 0.29) is 11.8 Å². The number of hydrogen-bond donors (Lipinski definition) is 1. The second-order valence-corrected chi connectivity index (χ2v) is 8.01. The molecule has 32 heavy (non-hydrogen) atoms. The number of aryl methyl sites for hydroxylation is 2. The van der Waals surface area contributed by atoms with Gasteiger partial charge in [0.1, 0.15) is 11.4 Å². The summed E-state index contributed by atoms with van der Waals surface area (Å²) in [5.41, 5.74) is 4.21. The van der Waals surface area contributed by atoms with Crippen molar-refractivity contribution in [3.63, 3.8) is 0 Å².